The van der Waals surface area contributed by atoms with Gasteiger partial charge in [0.1, 0.15) is 23.5 Å². The van der Waals surface area contributed by atoms with E-state index in [9.17, 15) is 5.26 Å². The van der Waals surface area contributed by atoms with E-state index < -0.39 is 0 Å². The van der Waals surface area contributed by atoms with Crippen LogP contribution in [0.5, 0.6) is 0 Å². The molecule has 0 saturated carbocycles. The number of hydrogen-bond donors (Lipinski definition) is 1. The van der Waals surface area contributed by atoms with Crippen molar-refractivity contribution in [1.82, 2.24) is 14.6 Å². The quantitative estimate of drug-likeness (QED) is 0.731. The maximum absolute atomic E-state index is 9.36. The van der Waals surface area contributed by atoms with Crippen molar-refractivity contribution < 1.29 is 0 Å². The van der Waals surface area contributed by atoms with Gasteiger partial charge in [-0.3, -0.25) is 4.40 Å². The van der Waals surface area contributed by atoms with Gasteiger partial charge in [0.25, 0.3) is 0 Å². The van der Waals surface area contributed by atoms with Crippen molar-refractivity contribution in [3.63, 3.8) is 0 Å². The largest absolute Gasteiger partial charge is 0.382 e. The first kappa shape index (κ1) is 12.6. The van der Waals surface area contributed by atoms with E-state index in [-0.39, 0.29) is 11.5 Å². The van der Waals surface area contributed by atoms with Crippen molar-refractivity contribution in [3.05, 3.63) is 47.2 Å². The second-order valence-electron chi connectivity index (χ2n) is 4.53. The monoisotopic (exact) mass is 274 g/mol. The summed E-state index contributed by atoms with van der Waals surface area (Å²) < 4.78 is 1.62. The van der Waals surface area contributed by atoms with Gasteiger partial charge in [0, 0.05) is 0 Å². The molecule has 0 unspecified atom stereocenters. The molecule has 0 aliphatic rings. The lowest BCUT2D eigenvalue weighted by Gasteiger charge is -2.07. The standard InChI is InChI=1S/C15H10N6/c1-9-11(7-16)15-20-19-12(8-17)14(18)21(15)13(9)10-5-3-2-4-6-10/h2-6H,18H2,1H3. The highest BCUT2D eigenvalue weighted by Crippen LogP contribution is 2.32. The van der Waals surface area contributed by atoms with E-state index in [2.05, 4.69) is 16.3 Å². The van der Waals surface area contributed by atoms with Crippen LogP contribution in [0, 0.1) is 29.6 Å². The molecule has 100 valence electrons. The first-order valence-electron chi connectivity index (χ1n) is 6.21. The van der Waals surface area contributed by atoms with Crippen LogP contribution in [0.4, 0.5) is 5.82 Å². The Morgan fingerprint density at radius 2 is 1.81 bits per heavy atom. The van der Waals surface area contributed by atoms with Crippen LogP contribution in [0.15, 0.2) is 30.3 Å². The Morgan fingerprint density at radius 1 is 1.10 bits per heavy atom. The van der Waals surface area contributed by atoms with Crippen molar-refractivity contribution in [2.75, 3.05) is 5.73 Å². The molecule has 0 saturated heterocycles. The van der Waals surface area contributed by atoms with E-state index in [0.717, 1.165) is 16.8 Å². The number of nitrogens with two attached hydrogens (primary N) is 1. The fourth-order valence-corrected chi connectivity index (χ4v) is 2.41. The zero-order valence-corrected chi connectivity index (χ0v) is 11.2. The number of nitrogen functional groups attached to an aromatic ring is 1. The van der Waals surface area contributed by atoms with E-state index in [1.54, 1.807) is 4.40 Å². The van der Waals surface area contributed by atoms with E-state index in [1.165, 1.54) is 0 Å². The molecule has 2 N–H and O–H groups in total. The Morgan fingerprint density at radius 3 is 2.43 bits per heavy atom. The van der Waals surface area contributed by atoms with Crippen LogP contribution in [0.25, 0.3) is 16.9 Å². The van der Waals surface area contributed by atoms with Crippen molar-refractivity contribution in [3.8, 4) is 23.4 Å². The Bertz CT molecular complexity index is 925. The first-order chi connectivity index (χ1) is 10.2. The maximum atomic E-state index is 9.36. The molecule has 6 heteroatoms. The Hall–Kier alpha value is -3.38. The smallest absolute Gasteiger partial charge is 0.203 e. The van der Waals surface area contributed by atoms with Gasteiger partial charge in [-0.1, -0.05) is 30.3 Å². The van der Waals surface area contributed by atoms with E-state index in [0.29, 0.717) is 11.2 Å². The average Bonchev–Trinajstić information content (AvgIpc) is 2.81. The van der Waals surface area contributed by atoms with Crippen LogP contribution in [0.1, 0.15) is 16.8 Å². The number of aromatic nitrogens is 3. The molecule has 0 bridgehead atoms. The minimum atomic E-state index is 0.0409. The Labute approximate surface area is 120 Å². The number of fused-ring (bicyclic) bond motifs is 1. The van der Waals surface area contributed by atoms with Crippen molar-refractivity contribution in [2.45, 2.75) is 6.92 Å². The molecule has 2 aromatic heterocycles. The molecule has 1 aromatic carbocycles. The van der Waals surface area contributed by atoms with Gasteiger partial charge >= 0.3 is 0 Å². The normalized spacial score (nSPS) is 10.2. The van der Waals surface area contributed by atoms with Gasteiger partial charge in [0.05, 0.1) is 5.69 Å². The third-order valence-electron chi connectivity index (χ3n) is 3.38. The van der Waals surface area contributed by atoms with E-state index >= 15 is 0 Å². The van der Waals surface area contributed by atoms with E-state index in [4.69, 9.17) is 11.0 Å². The highest BCUT2D eigenvalue weighted by Gasteiger charge is 2.21. The van der Waals surface area contributed by atoms with Gasteiger partial charge in [-0.05, 0) is 18.1 Å². The van der Waals surface area contributed by atoms with Crippen LogP contribution >= 0.6 is 0 Å². The number of nitriles is 2. The van der Waals surface area contributed by atoms with Crippen LogP contribution in [0.2, 0.25) is 0 Å². The summed E-state index contributed by atoms with van der Waals surface area (Å²) in [6, 6.07) is 13.6. The summed E-state index contributed by atoms with van der Waals surface area (Å²) in [5, 5.41) is 26.2. The molecule has 6 nitrogen and oxygen atoms in total. The first-order valence-corrected chi connectivity index (χ1v) is 6.21. The number of rotatable bonds is 1. The lowest BCUT2D eigenvalue weighted by Crippen LogP contribution is -2.06. The van der Waals surface area contributed by atoms with Crippen molar-refractivity contribution in [1.29, 1.82) is 10.5 Å². The molecule has 0 aliphatic heterocycles. The van der Waals surface area contributed by atoms with Crippen LogP contribution in [0.3, 0.4) is 0 Å². The fraction of sp³-hybridized carbons (Fsp3) is 0.0667. The van der Waals surface area contributed by atoms with Gasteiger partial charge < -0.3 is 5.73 Å². The number of nitrogens with zero attached hydrogens (tertiary/aromatic N) is 5. The lowest BCUT2D eigenvalue weighted by molar-refractivity contribution is 0.974. The summed E-state index contributed by atoms with van der Waals surface area (Å²) in [7, 11) is 0. The Kier molecular flexibility index (Phi) is 2.78. The molecule has 2 heterocycles. The van der Waals surface area contributed by atoms with Crippen LogP contribution in [-0.4, -0.2) is 14.6 Å². The minimum Gasteiger partial charge on any atom is -0.382 e. The van der Waals surface area contributed by atoms with Gasteiger partial charge in [-0.25, -0.2) is 0 Å². The minimum absolute atomic E-state index is 0.0409. The SMILES string of the molecule is Cc1c(C#N)c2nnc(C#N)c(N)n2c1-c1ccccc1. The summed E-state index contributed by atoms with van der Waals surface area (Å²) in [6.07, 6.45) is 0. The second-order valence-corrected chi connectivity index (χ2v) is 4.53. The number of anilines is 1. The molecule has 0 amide bonds. The van der Waals surface area contributed by atoms with Gasteiger partial charge in [0.2, 0.25) is 5.69 Å². The molecular weight excluding hydrogens is 264 g/mol. The van der Waals surface area contributed by atoms with E-state index in [1.807, 2.05) is 43.3 Å². The average molecular weight is 274 g/mol. The highest BCUT2D eigenvalue weighted by molar-refractivity contribution is 5.78. The summed E-state index contributed by atoms with van der Waals surface area (Å²) in [5.41, 5.74) is 9.27. The molecule has 0 fully saturated rings. The molecule has 0 atom stereocenters. The molecule has 3 aromatic rings. The van der Waals surface area contributed by atoms with Crippen LogP contribution < -0.4 is 5.73 Å². The lowest BCUT2D eigenvalue weighted by atomic mass is 10.1. The zero-order valence-electron chi connectivity index (χ0n) is 11.2. The predicted octanol–water partition coefficient (Wildman–Crippen LogP) is 2.03. The molecule has 0 aliphatic carbocycles. The molecule has 3 rings (SSSR count). The van der Waals surface area contributed by atoms with Gasteiger partial charge in [-0.15, -0.1) is 10.2 Å². The van der Waals surface area contributed by atoms with Gasteiger partial charge in [0.15, 0.2) is 5.65 Å². The summed E-state index contributed by atoms with van der Waals surface area (Å²) in [5.74, 6) is 0.186. The van der Waals surface area contributed by atoms with Gasteiger partial charge in [-0.2, -0.15) is 10.5 Å². The third-order valence-corrected chi connectivity index (χ3v) is 3.38. The Balaban J connectivity index is 2.53. The number of benzene rings is 1. The molecule has 0 radical (unpaired) electrons. The summed E-state index contributed by atoms with van der Waals surface area (Å²) in [4.78, 5) is 0. The third kappa shape index (κ3) is 1.71. The fourth-order valence-electron chi connectivity index (χ4n) is 2.41. The molecule has 21 heavy (non-hydrogen) atoms. The topological polar surface area (TPSA) is 104 Å². The molecule has 0 spiro atoms. The second kappa shape index (κ2) is 4.62. The summed E-state index contributed by atoms with van der Waals surface area (Å²) in [6.45, 7) is 1.83. The molecular formula is C15H10N6. The summed E-state index contributed by atoms with van der Waals surface area (Å²) >= 11 is 0. The number of hydrogen-bond acceptors (Lipinski definition) is 5. The zero-order chi connectivity index (χ0) is 15.0. The van der Waals surface area contributed by atoms with Crippen LogP contribution in [-0.2, 0) is 0 Å². The predicted molar refractivity (Wildman–Crippen MR) is 77.0 cm³/mol. The highest BCUT2D eigenvalue weighted by atomic mass is 15.2. The van der Waals surface area contributed by atoms with Crippen molar-refractivity contribution >= 4 is 11.5 Å². The maximum Gasteiger partial charge on any atom is 0.203 e. The van der Waals surface area contributed by atoms with Crippen molar-refractivity contribution in [2.24, 2.45) is 0 Å².